The summed E-state index contributed by atoms with van der Waals surface area (Å²) >= 11 is 0. The predicted molar refractivity (Wildman–Crippen MR) is 108 cm³/mol. The standard InChI is InChI=1S/C22H18N2O4/c1-3-27-19(25)13-12-15-8-4-6-10-17(15)24-21-16-9-5-7-11-18(16)28-22(26)20(21)14(2)23-24/h4-13H,3H2,1-2H3/b13-12+. The minimum atomic E-state index is -0.419. The lowest BCUT2D eigenvalue weighted by Crippen LogP contribution is -2.03. The molecule has 2 aromatic heterocycles. The molecule has 0 atom stereocenters. The van der Waals surface area contributed by atoms with Crippen molar-refractivity contribution in [3.8, 4) is 5.69 Å². The Kier molecular flexibility index (Phi) is 4.53. The fourth-order valence-electron chi connectivity index (χ4n) is 3.27. The second-order valence-electron chi connectivity index (χ2n) is 6.25. The van der Waals surface area contributed by atoms with E-state index in [9.17, 15) is 9.59 Å². The molecular formula is C22H18N2O4. The van der Waals surface area contributed by atoms with E-state index in [0.29, 0.717) is 28.8 Å². The molecule has 6 nitrogen and oxygen atoms in total. The van der Waals surface area contributed by atoms with Crippen molar-refractivity contribution in [2.24, 2.45) is 0 Å². The average molecular weight is 374 g/mol. The van der Waals surface area contributed by atoms with Crippen molar-refractivity contribution in [2.45, 2.75) is 13.8 Å². The first-order chi connectivity index (χ1) is 13.6. The summed E-state index contributed by atoms with van der Waals surface area (Å²) in [6, 6.07) is 14.9. The summed E-state index contributed by atoms with van der Waals surface area (Å²) in [6.45, 7) is 3.85. The largest absolute Gasteiger partial charge is 0.463 e. The SMILES string of the molecule is CCOC(=O)/C=C/c1ccccc1-n1nc(C)c2c(=O)oc3ccccc3c21. The van der Waals surface area contributed by atoms with E-state index in [1.54, 1.807) is 30.7 Å². The number of aromatic nitrogens is 2. The van der Waals surface area contributed by atoms with Crippen LogP contribution < -0.4 is 5.63 Å². The van der Waals surface area contributed by atoms with E-state index in [-0.39, 0.29) is 0 Å². The molecule has 0 radical (unpaired) electrons. The smallest absolute Gasteiger partial charge is 0.347 e. The predicted octanol–water partition coefficient (Wildman–Crippen LogP) is 4.02. The maximum absolute atomic E-state index is 12.5. The number of carbonyl (C=O) groups excluding carboxylic acids is 1. The lowest BCUT2D eigenvalue weighted by Gasteiger charge is -2.09. The van der Waals surface area contributed by atoms with Crippen LogP contribution in [0.5, 0.6) is 0 Å². The lowest BCUT2D eigenvalue weighted by atomic mass is 10.1. The van der Waals surface area contributed by atoms with Gasteiger partial charge in [-0.1, -0.05) is 30.3 Å². The Morgan fingerprint density at radius 3 is 2.75 bits per heavy atom. The van der Waals surface area contributed by atoms with Gasteiger partial charge in [0.05, 0.1) is 23.5 Å². The van der Waals surface area contributed by atoms with Crippen LogP contribution in [0.15, 0.2) is 63.8 Å². The number of hydrogen-bond acceptors (Lipinski definition) is 5. The average Bonchev–Trinajstić information content (AvgIpc) is 3.05. The van der Waals surface area contributed by atoms with E-state index in [0.717, 1.165) is 16.6 Å². The normalized spacial score (nSPS) is 11.5. The minimum Gasteiger partial charge on any atom is -0.463 e. The third kappa shape index (κ3) is 2.99. The van der Waals surface area contributed by atoms with Gasteiger partial charge in [0.1, 0.15) is 11.0 Å². The van der Waals surface area contributed by atoms with Gasteiger partial charge in [0, 0.05) is 17.0 Å². The quantitative estimate of drug-likeness (QED) is 0.306. The summed E-state index contributed by atoms with van der Waals surface area (Å²) in [5.41, 5.74) is 2.87. The first-order valence-electron chi connectivity index (χ1n) is 8.95. The summed E-state index contributed by atoms with van der Waals surface area (Å²) in [5.74, 6) is -0.412. The molecule has 2 aromatic carbocycles. The van der Waals surface area contributed by atoms with Crippen LogP contribution in [0.3, 0.4) is 0 Å². The fourth-order valence-corrected chi connectivity index (χ4v) is 3.27. The number of nitrogens with zero attached hydrogens (tertiary/aromatic N) is 2. The third-order valence-electron chi connectivity index (χ3n) is 4.46. The zero-order valence-electron chi connectivity index (χ0n) is 15.5. The molecule has 0 spiro atoms. The highest BCUT2D eigenvalue weighted by Crippen LogP contribution is 2.28. The Hall–Kier alpha value is -3.67. The number of para-hydroxylation sites is 2. The zero-order valence-corrected chi connectivity index (χ0v) is 15.5. The Morgan fingerprint density at radius 2 is 1.93 bits per heavy atom. The highest BCUT2D eigenvalue weighted by Gasteiger charge is 2.18. The van der Waals surface area contributed by atoms with Gasteiger partial charge >= 0.3 is 11.6 Å². The van der Waals surface area contributed by atoms with Crippen molar-refractivity contribution in [1.29, 1.82) is 0 Å². The molecule has 140 valence electrons. The monoisotopic (exact) mass is 374 g/mol. The van der Waals surface area contributed by atoms with E-state index in [4.69, 9.17) is 9.15 Å². The summed E-state index contributed by atoms with van der Waals surface area (Å²) in [7, 11) is 0. The second-order valence-corrected chi connectivity index (χ2v) is 6.25. The van der Waals surface area contributed by atoms with Crippen molar-refractivity contribution in [1.82, 2.24) is 9.78 Å². The summed E-state index contributed by atoms with van der Waals surface area (Å²) < 4.78 is 12.1. The molecule has 0 saturated carbocycles. The van der Waals surface area contributed by atoms with Gasteiger partial charge in [-0.2, -0.15) is 5.10 Å². The Balaban J connectivity index is 1.99. The van der Waals surface area contributed by atoms with E-state index in [2.05, 4.69) is 5.10 Å². The highest BCUT2D eigenvalue weighted by molar-refractivity contribution is 6.04. The van der Waals surface area contributed by atoms with Gasteiger partial charge in [-0.05, 0) is 38.1 Å². The molecule has 6 heteroatoms. The van der Waals surface area contributed by atoms with Crippen LogP contribution in [0, 0.1) is 6.92 Å². The van der Waals surface area contributed by atoms with Crippen LogP contribution in [0.25, 0.3) is 33.6 Å². The number of fused-ring (bicyclic) bond motifs is 3. The lowest BCUT2D eigenvalue weighted by molar-refractivity contribution is -0.137. The maximum atomic E-state index is 12.5. The second kappa shape index (κ2) is 7.15. The van der Waals surface area contributed by atoms with E-state index >= 15 is 0 Å². The first-order valence-corrected chi connectivity index (χ1v) is 8.95. The van der Waals surface area contributed by atoms with Crippen molar-refractivity contribution in [2.75, 3.05) is 6.61 Å². The van der Waals surface area contributed by atoms with Gasteiger partial charge in [-0.25, -0.2) is 14.3 Å². The van der Waals surface area contributed by atoms with Gasteiger partial charge < -0.3 is 9.15 Å². The van der Waals surface area contributed by atoms with Gasteiger partial charge in [-0.15, -0.1) is 0 Å². The molecule has 0 saturated heterocycles. The van der Waals surface area contributed by atoms with Gasteiger partial charge in [0.2, 0.25) is 0 Å². The molecule has 0 aliphatic heterocycles. The summed E-state index contributed by atoms with van der Waals surface area (Å²) in [4.78, 5) is 24.2. The number of aryl methyl sites for hydroxylation is 1. The number of carbonyl (C=O) groups is 1. The molecule has 4 aromatic rings. The Bertz CT molecular complexity index is 1280. The zero-order chi connectivity index (χ0) is 19.7. The minimum absolute atomic E-state index is 0.315. The molecular weight excluding hydrogens is 356 g/mol. The number of hydrogen-bond donors (Lipinski definition) is 0. The van der Waals surface area contributed by atoms with Crippen molar-refractivity contribution < 1.29 is 13.9 Å². The molecule has 0 aliphatic carbocycles. The van der Waals surface area contributed by atoms with Crippen molar-refractivity contribution in [3.63, 3.8) is 0 Å². The highest BCUT2D eigenvalue weighted by atomic mass is 16.5. The maximum Gasteiger partial charge on any atom is 0.347 e. The van der Waals surface area contributed by atoms with Crippen molar-refractivity contribution >= 4 is 33.9 Å². The van der Waals surface area contributed by atoms with Crippen LogP contribution in [0.1, 0.15) is 18.2 Å². The molecule has 28 heavy (non-hydrogen) atoms. The van der Waals surface area contributed by atoms with Crippen LogP contribution >= 0.6 is 0 Å². The van der Waals surface area contributed by atoms with Gasteiger partial charge in [-0.3, -0.25) is 0 Å². The fraction of sp³-hybridized carbons (Fsp3) is 0.136. The van der Waals surface area contributed by atoms with Crippen molar-refractivity contribution in [3.05, 3.63) is 76.3 Å². The molecule has 0 fully saturated rings. The van der Waals surface area contributed by atoms with Crippen LogP contribution in [0.2, 0.25) is 0 Å². The molecule has 4 rings (SSSR count). The molecule has 0 aliphatic rings. The molecule has 0 unspecified atom stereocenters. The van der Waals surface area contributed by atoms with Gasteiger partial charge in [0.15, 0.2) is 0 Å². The topological polar surface area (TPSA) is 74.3 Å². The number of esters is 1. The van der Waals surface area contributed by atoms with Crippen LogP contribution in [0.4, 0.5) is 0 Å². The van der Waals surface area contributed by atoms with E-state index in [1.807, 2.05) is 42.5 Å². The summed E-state index contributed by atoms with van der Waals surface area (Å²) in [6.07, 6.45) is 3.07. The number of ether oxygens (including phenoxy) is 1. The number of benzene rings is 2. The summed E-state index contributed by atoms with van der Waals surface area (Å²) in [5, 5.41) is 5.84. The van der Waals surface area contributed by atoms with Crippen LogP contribution in [-0.4, -0.2) is 22.4 Å². The van der Waals surface area contributed by atoms with Crippen LogP contribution in [-0.2, 0) is 9.53 Å². The molecule has 0 amide bonds. The van der Waals surface area contributed by atoms with Gasteiger partial charge in [0.25, 0.3) is 0 Å². The number of rotatable bonds is 4. The van der Waals surface area contributed by atoms with E-state index in [1.165, 1.54) is 6.08 Å². The first kappa shape index (κ1) is 17.7. The molecule has 0 N–H and O–H groups in total. The third-order valence-corrected chi connectivity index (χ3v) is 4.46. The molecule has 0 bridgehead atoms. The molecule has 2 heterocycles. The Morgan fingerprint density at radius 1 is 1.18 bits per heavy atom. The Labute approximate surface area is 160 Å². The van der Waals surface area contributed by atoms with E-state index < -0.39 is 11.6 Å².